The van der Waals surface area contributed by atoms with E-state index in [1.165, 1.54) is 23.1 Å². The number of anilines is 2. The summed E-state index contributed by atoms with van der Waals surface area (Å²) in [4.78, 5) is 24.6. The highest BCUT2D eigenvalue weighted by atomic mass is 32.2. The molecular weight excluding hydrogens is 422 g/mol. The summed E-state index contributed by atoms with van der Waals surface area (Å²) in [7, 11) is 1.78. The molecule has 2 N–H and O–H groups in total. The molecule has 0 saturated carbocycles. The highest BCUT2D eigenvalue weighted by Crippen LogP contribution is 2.19. The molecule has 0 unspecified atom stereocenters. The lowest BCUT2D eigenvalue weighted by Gasteiger charge is -2.09. The Balaban J connectivity index is 1.53. The second-order valence-electron chi connectivity index (χ2n) is 6.38. The summed E-state index contributed by atoms with van der Waals surface area (Å²) >= 11 is 2.61. The second-order valence-corrected chi connectivity index (χ2v) is 8.39. The van der Waals surface area contributed by atoms with Gasteiger partial charge in [0.2, 0.25) is 16.9 Å². The molecule has 1 aromatic carbocycles. The zero-order chi connectivity index (χ0) is 21.5. The molecule has 158 valence electrons. The summed E-state index contributed by atoms with van der Waals surface area (Å²) in [5.74, 6) is 0.324. The number of carbonyl (C=O) groups excluding carboxylic acids is 2. The molecule has 2 aromatic heterocycles. The molecule has 0 fully saturated rings. The van der Waals surface area contributed by atoms with Crippen molar-refractivity contribution in [3.63, 3.8) is 0 Å². The fourth-order valence-electron chi connectivity index (χ4n) is 2.65. The van der Waals surface area contributed by atoms with Crippen LogP contribution in [0.15, 0.2) is 29.4 Å². The molecular formula is C19H23N7O2S2. The molecule has 0 bridgehead atoms. The number of nitrogens with zero attached hydrogens (tertiary/aromatic N) is 5. The van der Waals surface area contributed by atoms with Crippen molar-refractivity contribution in [2.75, 3.05) is 16.4 Å². The number of hydrogen-bond acceptors (Lipinski definition) is 8. The van der Waals surface area contributed by atoms with Gasteiger partial charge >= 0.3 is 0 Å². The minimum Gasteiger partial charge on any atom is -0.325 e. The van der Waals surface area contributed by atoms with Gasteiger partial charge in [-0.1, -0.05) is 55.1 Å². The Hall–Kier alpha value is -2.79. The maximum Gasteiger partial charge on any atom is 0.236 e. The van der Waals surface area contributed by atoms with E-state index in [0.29, 0.717) is 16.1 Å². The van der Waals surface area contributed by atoms with E-state index in [1.54, 1.807) is 11.6 Å². The summed E-state index contributed by atoms with van der Waals surface area (Å²) in [6.07, 6.45) is 1.71. The predicted octanol–water partition coefficient (Wildman–Crippen LogP) is 2.70. The van der Waals surface area contributed by atoms with Crippen LogP contribution in [-0.4, -0.2) is 42.5 Å². The Labute approximate surface area is 182 Å². The van der Waals surface area contributed by atoms with E-state index in [4.69, 9.17) is 0 Å². The van der Waals surface area contributed by atoms with Crippen LogP contribution in [0.3, 0.4) is 0 Å². The van der Waals surface area contributed by atoms with E-state index in [1.807, 2.05) is 38.1 Å². The van der Waals surface area contributed by atoms with Gasteiger partial charge in [-0.15, -0.1) is 20.4 Å². The number of benzene rings is 1. The first-order chi connectivity index (χ1) is 14.5. The van der Waals surface area contributed by atoms with E-state index >= 15 is 0 Å². The number of hydrogen-bond donors (Lipinski definition) is 2. The van der Waals surface area contributed by atoms with Crippen LogP contribution in [-0.2, 0) is 35.9 Å². The number of para-hydroxylation sites is 1. The molecule has 0 aliphatic carbocycles. The molecule has 0 atom stereocenters. The lowest BCUT2D eigenvalue weighted by atomic mass is 10.1. The number of amides is 2. The lowest BCUT2D eigenvalue weighted by Crippen LogP contribution is -2.18. The quantitative estimate of drug-likeness (QED) is 0.487. The molecule has 2 amide bonds. The average molecular weight is 446 g/mol. The van der Waals surface area contributed by atoms with Gasteiger partial charge in [0.15, 0.2) is 5.16 Å². The van der Waals surface area contributed by atoms with Crippen LogP contribution in [0.2, 0.25) is 0 Å². The highest BCUT2D eigenvalue weighted by molar-refractivity contribution is 7.99. The topological polar surface area (TPSA) is 115 Å². The molecule has 9 nitrogen and oxygen atoms in total. The fourth-order valence-corrected chi connectivity index (χ4v) is 4.07. The number of nitrogens with one attached hydrogen (secondary N) is 2. The Kier molecular flexibility index (Phi) is 7.52. The van der Waals surface area contributed by atoms with Crippen LogP contribution in [0.1, 0.15) is 30.2 Å². The Bertz CT molecular complexity index is 1030. The van der Waals surface area contributed by atoms with Crippen molar-refractivity contribution in [1.82, 2.24) is 25.0 Å². The third-order valence-corrected chi connectivity index (χ3v) is 6.27. The van der Waals surface area contributed by atoms with Crippen molar-refractivity contribution < 1.29 is 9.59 Å². The van der Waals surface area contributed by atoms with E-state index in [9.17, 15) is 9.59 Å². The molecule has 0 radical (unpaired) electrons. The normalized spacial score (nSPS) is 10.8. The van der Waals surface area contributed by atoms with Gasteiger partial charge in [0.25, 0.3) is 0 Å². The molecule has 3 aromatic rings. The SMILES string of the molecule is CCc1nnc(NC(=O)CSc2nnc(CC(=O)Nc3ccccc3CC)n2C)s1. The van der Waals surface area contributed by atoms with Crippen LogP contribution in [0.25, 0.3) is 0 Å². The van der Waals surface area contributed by atoms with Gasteiger partial charge in [-0.3, -0.25) is 14.9 Å². The maximum absolute atomic E-state index is 12.4. The number of aromatic nitrogens is 5. The molecule has 0 spiro atoms. The number of aryl methyl sites for hydroxylation is 2. The van der Waals surface area contributed by atoms with Crippen molar-refractivity contribution in [3.05, 3.63) is 40.7 Å². The molecule has 0 aliphatic heterocycles. The zero-order valence-corrected chi connectivity index (χ0v) is 18.6. The van der Waals surface area contributed by atoms with E-state index < -0.39 is 0 Å². The first-order valence-corrected chi connectivity index (χ1v) is 11.3. The van der Waals surface area contributed by atoms with Crippen molar-refractivity contribution in [2.24, 2.45) is 7.05 Å². The highest BCUT2D eigenvalue weighted by Gasteiger charge is 2.16. The minimum atomic E-state index is -0.197. The zero-order valence-electron chi connectivity index (χ0n) is 17.0. The summed E-state index contributed by atoms with van der Waals surface area (Å²) in [5.41, 5.74) is 1.88. The largest absolute Gasteiger partial charge is 0.325 e. The van der Waals surface area contributed by atoms with Gasteiger partial charge in [-0.2, -0.15) is 0 Å². The standard InChI is InChI=1S/C19H23N7O2S2/c1-4-12-8-6-7-9-13(12)20-15(27)10-14-22-25-19(26(14)3)29-11-16(28)21-18-24-23-17(5-2)30-18/h6-9H,4-5,10-11H2,1-3H3,(H,20,27)(H,21,24,28). The number of carbonyl (C=O) groups is 2. The molecule has 0 aliphatic rings. The van der Waals surface area contributed by atoms with Crippen LogP contribution in [0.5, 0.6) is 0 Å². The van der Waals surface area contributed by atoms with E-state index in [0.717, 1.165) is 29.1 Å². The smallest absolute Gasteiger partial charge is 0.236 e. The van der Waals surface area contributed by atoms with Crippen molar-refractivity contribution in [3.8, 4) is 0 Å². The van der Waals surface area contributed by atoms with Crippen LogP contribution in [0.4, 0.5) is 10.8 Å². The van der Waals surface area contributed by atoms with Gasteiger partial charge in [0.05, 0.1) is 12.2 Å². The van der Waals surface area contributed by atoms with Crippen LogP contribution < -0.4 is 10.6 Å². The van der Waals surface area contributed by atoms with Crippen LogP contribution in [0, 0.1) is 0 Å². The van der Waals surface area contributed by atoms with E-state index in [2.05, 4.69) is 31.0 Å². The van der Waals surface area contributed by atoms with Crippen molar-refractivity contribution in [2.45, 2.75) is 38.3 Å². The van der Waals surface area contributed by atoms with Gasteiger partial charge in [-0.25, -0.2) is 0 Å². The number of thioether (sulfide) groups is 1. The summed E-state index contributed by atoms with van der Waals surface area (Å²) in [6, 6.07) is 7.71. The molecule has 30 heavy (non-hydrogen) atoms. The summed E-state index contributed by atoms with van der Waals surface area (Å²) < 4.78 is 1.73. The number of rotatable bonds is 9. The monoisotopic (exact) mass is 445 g/mol. The minimum absolute atomic E-state index is 0.0961. The first-order valence-electron chi connectivity index (χ1n) is 9.51. The van der Waals surface area contributed by atoms with Crippen molar-refractivity contribution >= 4 is 45.7 Å². The molecule has 0 saturated heterocycles. The Morgan fingerprint density at radius 1 is 1.03 bits per heavy atom. The van der Waals surface area contributed by atoms with E-state index in [-0.39, 0.29) is 24.0 Å². The molecule has 2 heterocycles. The Morgan fingerprint density at radius 3 is 2.57 bits per heavy atom. The van der Waals surface area contributed by atoms with Gasteiger partial charge in [0.1, 0.15) is 10.8 Å². The third kappa shape index (κ3) is 5.63. The molecule has 3 rings (SSSR count). The first kappa shape index (κ1) is 21.9. The van der Waals surface area contributed by atoms with Crippen molar-refractivity contribution in [1.29, 1.82) is 0 Å². The maximum atomic E-state index is 12.4. The third-order valence-electron chi connectivity index (χ3n) is 4.26. The second kappa shape index (κ2) is 10.3. The Morgan fingerprint density at radius 2 is 1.83 bits per heavy atom. The van der Waals surface area contributed by atoms with Gasteiger partial charge in [-0.05, 0) is 24.5 Å². The lowest BCUT2D eigenvalue weighted by molar-refractivity contribution is -0.116. The summed E-state index contributed by atoms with van der Waals surface area (Å²) in [5, 5.41) is 23.7. The average Bonchev–Trinajstić information content (AvgIpc) is 3.33. The predicted molar refractivity (Wildman–Crippen MR) is 118 cm³/mol. The van der Waals surface area contributed by atoms with Crippen LogP contribution >= 0.6 is 23.1 Å². The van der Waals surface area contributed by atoms with Gasteiger partial charge in [0, 0.05) is 12.7 Å². The summed E-state index contributed by atoms with van der Waals surface area (Å²) in [6.45, 7) is 4.03. The van der Waals surface area contributed by atoms with Gasteiger partial charge < -0.3 is 9.88 Å². The fraction of sp³-hybridized carbons (Fsp3) is 0.368. The molecule has 11 heteroatoms.